The molecular weight excluding hydrogens is 1130 g/mol. The predicted octanol–water partition coefficient (Wildman–Crippen LogP) is -5.43. The molecule has 3 aliphatic rings. The van der Waals surface area contributed by atoms with Crippen molar-refractivity contribution in [2.75, 3.05) is 19.6 Å². The number of carbonyl (C=O) groups is 8. The average molecular weight is 1210 g/mol. The minimum atomic E-state index is -2.21. The third-order valence-electron chi connectivity index (χ3n) is 14.8. The third kappa shape index (κ3) is 18.5. The Morgan fingerprint density at radius 2 is 1.38 bits per heavy atom. The number of unbranched alkanes of at least 4 members (excludes halogenated alkanes) is 4. The summed E-state index contributed by atoms with van der Waals surface area (Å²) in [6, 6.07) is 6.36. The Balaban J connectivity index is 0.0000129. The van der Waals surface area contributed by atoms with Crippen LogP contribution < -0.4 is 71.3 Å². The maximum Gasteiger partial charge on any atom is 1.00 e. The normalized spacial score (nSPS) is 25.7. The molecule has 3 aromatic rings. The summed E-state index contributed by atoms with van der Waals surface area (Å²) in [5.41, 5.74) is 8.39. The SMILES string of the molecule is CCCCCCCc1ccc(-c2ccc(C(=O)NC3CC(O)CNC(=O)C4C(O)C(C)CN4C(=O)C(C(O)CC(N)=O)NC(=O)C(C(O)Cc4ccc(O)c(OSOO[O-])c4)NC(=O)C4CC(O)CN4C(=O)C(C(C)O)NC3=O)cc2)cc1.[Na+]. The van der Waals surface area contributed by atoms with Crippen molar-refractivity contribution in [1.82, 2.24) is 36.4 Å². The molecule has 6 rings (SSSR count). The van der Waals surface area contributed by atoms with Crippen LogP contribution in [0.1, 0.15) is 93.6 Å². The van der Waals surface area contributed by atoms with Crippen LogP contribution in [0.25, 0.3) is 11.1 Å². The number of nitrogens with two attached hydrogens (primary N) is 1. The quantitative estimate of drug-likeness (QED) is 0.0165. The van der Waals surface area contributed by atoms with E-state index in [0.717, 1.165) is 65.7 Å². The molecule has 8 amide bonds. The minimum absolute atomic E-state index is 0. The molecule has 14 N–H and O–H groups in total. The number of aryl methyl sites for hydroxylation is 1. The molecule has 3 saturated heterocycles. The van der Waals surface area contributed by atoms with E-state index < -0.39 is 177 Å². The number of phenols is 1. The molecule has 454 valence electrons. The molecule has 0 radical (unpaired) electrons. The van der Waals surface area contributed by atoms with E-state index in [1.54, 1.807) is 12.1 Å². The molecule has 0 spiro atoms. The zero-order valence-electron chi connectivity index (χ0n) is 47.0. The number of benzene rings is 3. The molecule has 0 aliphatic carbocycles. The smallest absolute Gasteiger partial charge is 0.691 e. The summed E-state index contributed by atoms with van der Waals surface area (Å²) in [6.07, 6.45) is -6.77. The maximum atomic E-state index is 14.6. The number of hydrogen-bond donors (Lipinski definition) is 13. The summed E-state index contributed by atoms with van der Waals surface area (Å²) >= 11 is -0.000295. The number of nitrogens with one attached hydrogen (secondary N) is 5. The van der Waals surface area contributed by atoms with Crippen LogP contribution in [0.4, 0.5) is 0 Å². The number of β-amino-alcohol motifs (C(OH)–C–C–N with tert-alkyl or cyclic N) is 1. The monoisotopic (exact) mass is 1200 g/mol. The van der Waals surface area contributed by atoms with E-state index in [-0.39, 0.29) is 58.8 Å². The largest absolute Gasteiger partial charge is 1.00 e. The van der Waals surface area contributed by atoms with Gasteiger partial charge in [-0.15, -0.1) is 4.33 Å². The number of amides is 8. The molecule has 3 aliphatic heterocycles. The number of phenolic OH excluding ortho intramolecular Hbond substituents is 1. The molecule has 29 heteroatoms. The van der Waals surface area contributed by atoms with Crippen molar-refractivity contribution in [1.29, 1.82) is 0 Å². The van der Waals surface area contributed by atoms with E-state index >= 15 is 0 Å². The van der Waals surface area contributed by atoms with Crippen LogP contribution in [-0.2, 0) is 55.8 Å². The number of fused-ring (bicyclic) bond motifs is 2. The molecule has 0 bridgehead atoms. The average Bonchev–Trinajstić information content (AvgIpc) is 3.58. The zero-order chi connectivity index (χ0) is 60.7. The Morgan fingerprint density at radius 3 is 2.02 bits per heavy atom. The van der Waals surface area contributed by atoms with Crippen LogP contribution in [0.15, 0.2) is 66.7 Å². The number of rotatable bonds is 20. The molecule has 3 heterocycles. The van der Waals surface area contributed by atoms with Crippen LogP contribution in [-0.4, -0.2) is 185 Å². The van der Waals surface area contributed by atoms with Crippen LogP contribution >= 0.6 is 12.3 Å². The molecule has 0 saturated carbocycles. The fourth-order valence-electron chi connectivity index (χ4n) is 10.3. The van der Waals surface area contributed by atoms with E-state index in [0.29, 0.717) is 0 Å². The topological polar surface area (TPSA) is 422 Å². The first-order valence-electron chi connectivity index (χ1n) is 27.3. The summed E-state index contributed by atoms with van der Waals surface area (Å²) in [5, 5.41) is 104. The molecule has 27 nitrogen and oxygen atoms in total. The van der Waals surface area contributed by atoms with Crippen molar-refractivity contribution in [2.24, 2.45) is 11.7 Å². The van der Waals surface area contributed by atoms with Gasteiger partial charge in [0.25, 0.3) is 18.2 Å². The number of aliphatic hydroxyl groups excluding tert-OH is 6. The first kappa shape index (κ1) is 68.8. The molecular formula is C55H73N8NaO19S. The first-order chi connectivity index (χ1) is 39.5. The Kier molecular flexibility index (Phi) is 26.6. The number of aromatic hydroxyl groups is 1. The number of primary amides is 1. The van der Waals surface area contributed by atoms with Gasteiger partial charge >= 0.3 is 29.6 Å². The van der Waals surface area contributed by atoms with Gasteiger partial charge in [-0.3, -0.25) is 43.4 Å². The number of aliphatic hydroxyl groups is 6. The van der Waals surface area contributed by atoms with Crippen molar-refractivity contribution >= 4 is 59.6 Å². The van der Waals surface area contributed by atoms with E-state index in [2.05, 4.69) is 42.9 Å². The van der Waals surface area contributed by atoms with Crippen molar-refractivity contribution < 1.29 is 122 Å². The standard InChI is InChI=1S/C55H74N8O19S.Na/c1-4-5-6-7-8-9-30-10-13-32(14-11-30)33-15-17-34(18-16-33)49(72)58-37-22-35(65)25-57-53(76)47-48(71)28(2)26-63(47)55(78)46(41(69)24-43(56)70)61-52(75)45(40(68)20-31-12-19-39(67)42(21-31)80-83-82-81-79)60-51(74)38-23-36(66)27-62(38)54(77)44(29(3)64)59-50(37)73;/h10-19,21,28-29,35-38,40-41,44-48,64-69,71,79H,4-9,20,22-27H2,1-3H3,(H2,56,70)(H,57,76)(H,58,72)(H,59,73)(H,60,74)(H,61,75);/q;+1/p-1. The van der Waals surface area contributed by atoms with Gasteiger partial charge in [0, 0.05) is 50.4 Å². The van der Waals surface area contributed by atoms with Gasteiger partial charge in [0.15, 0.2) is 11.5 Å². The van der Waals surface area contributed by atoms with Crippen LogP contribution in [0.2, 0.25) is 0 Å². The minimum Gasteiger partial charge on any atom is -0.691 e. The molecule has 0 aromatic heterocycles. The molecule has 3 fully saturated rings. The molecule has 13 unspecified atom stereocenters. The molecule has 84 heavy (non-hydrogen) atoms. The Hall–Kier alpha value is -5.99. The van der Waals surface area contributed by atoms with Gasteiger partial charge in [-0.05, 0) is 66.3 Å². The van der Waals surface area contributed by atoms with E-state index in [1.165, 1.54) is 43.5 Å². The van der Waals surface area contributed by atoms with Crippen molar-refractivity contribution in [3.8, 4) is 22.6 Å². The maximum absolute atomic E-state index is 14.6. The fourth-order valence-corrected chi connectivity index (χ4v) is 10.5. The van der Waals surface area contributed by atoms with Gasteiger partial charge in [-0.2, -0.15) is 0 Å². The summed E-state index contributed by atoms with van der Waals surface area (Å²) in [4.78, 5) is 115. The summed E-state index contributed by atoms with van der Waals surface area (Å²) in [6.45, 7) is 3.09. The second kappa shape index (κ2) is 32.5. The van der Waals surface area contributed by atoms with Crippen molar-refractivity contribution in [2.45, 2.75) is 158 Å². The second-order valence-corrected chi connectivity index (χ2v) is 21.6. The first-order valence-corrected chi connectivity index (χ1v) is 28.0. The van der Waals surface area contributed by atoms with E-state index in [1.807, 2.05) is 24.3 Å². The van der Waals surface area contributed by atoms with Gasteiger partial charge < -0.3 is 87.3 Å². The molecule has 3 aromatic carbocycles. The van der Waals surface area contributed by atoms with Crippen molar-refractivity contribution in [3.05, 3.63) is 83.4 Å². The van der Waals surface area contributed by atoms with Gasteiger partial charge in [0.1, 0.15) is 36.3 Å². The van der Waals surface area contributed by atoms with Crippen LogP contribution in [0, 0.1) is 5.92 Å². The van der Waals surface area contributed by atoms with Gasteiger partial charge in [-0.25, -0.2) is 0 Å². The number of hydrogen-bond acceptors (Lipinski definition) is 20. The Bertz CT molecular complexity index is 2750. The Labute approximate surface area is 510 Å². The second-order valence-electron chi connectivity index (χ2n) is 21.2. The fraction of sp³-hybridized carbons (Fsp3) is 0.527. The van der Waals surface area contributed by atoms with E-state index in [9.17, 15) is 79.4 Å². The third-order valence-corrected chi connectivity index (χ3v) is 15.2. The zero-order valence-corrected chi connectivity index (χ0v) is 49.8. The summed E-state index contributed by atoms with van der Waals surface area (Å²) in [5.74, 6) is -11.0. The number of carbonyl (C=O) groups excluding carboxylic acids is 8. The number of nitrogens with zero attached hydrogens (tertiary/aromatic N) is 2. The Morgan fingerprint density at radius 1 is 0.762 bits per heavy atom. The van der Waals surface area contributed by atoms with Gasteiger partial charge in [-0.1, -0.05) is 82.0 Å². The van der Waals surface area contributed by atoms with E-state index in [4.69, 9.17) is 9.92 Å². The van der Waals surface area contributed by atoms with Crippen LogP contribution in [0.5, 0.6) is 11.5 Å². The summed E-state index contributed by atoms with van der Waals surface area (Å²) < 4.78 is 9.14. The van der Waals surface area contributed by atoms with Crippen LogP contribution in [0.3, 0.4) is 0 Å². The molecule has 13 atom stereocenters. The van der Waals surface area contributed by atoms with Gasteiger partial charge in [0.05, 0.1) is 43.0 Å². The van der Waals surface area contributed by atoms with Crippen molar-refractivity contribution in [3.63, 3.8) is 0 Å². The van der Waals surface area contributed by atoms with Gasteiger partial charge in [0.2, 0.25) is 41.4 Å². The summed E-state index contributed by atoms with van der Waals surface area (Å²) in [7, 11) is 0. The predicted molar refractivity (Wildman–Crippen MR) is 292 cm³/mol.